The first-order valence-corrected chi connectivity index (χ1v) is 9.54. The molecule has 5 nitrogen and oxygen atoms in total. The van der Waals surface area contributed by atoms with Gasteiger partial charge in [-0.2, -0.15) is 0 Å². The number of carbonyl (C=O) groups is 1. The van der Waals surface area contributed by atoms with Crippen molar-refractivity contribution in [2.24, 2.45) is 0 Å². The normalized spacial score (nSPS) is 15.9. The van der Waals surface area contributed by atoms with Gasteiger partial charge in [0.25, 0.3) is 0 Å². The number of nitrogens with one attached hydrogen (secondary N) is 2. The van der Waals surface area contributed by atoms with Crippen LogP contribution in [0.25, 0.3) is 0 Å². The molecule has 122 valence electrons. The second-order valence-electron chi connectivity index (χ2n) is 5.74. The molecule has 1 amide bonds. The number of sulfone groups is 1. The van der Waals surface area contributed by atoms with Gasteiger partial charge in [-0.25, -0.2) is 8.42 Å². The lowest BCUT2D eigenvalue weighted by Crippen LogP contribution is -2.29. The molecule has 0 spiro atoms. The van der Waals surface area contributed by atoms with Gasteiger partial charge < -0.3 is 10.6 Å². The van der Waals surface area contributed by atoms with E-state index in [2.05, 4.69) is 10.6 Å². The lowest BCUT2D eigenvalue weighted by atomic mass is 10.2. The zero-order valence-electron chi connectivity index (χ0n) is 13.0. The van der Waals surface area contributed by atoms with Crippen molar-refractivity contribution in [1.82, 2.24) is 5.32 Å². The predicted molar refractivity (Wildman–Crippen MR) is 88.5 cm³/mol. The predicted octanol–water partition coefficient (Wildman–Crippen LogP) is 2.09. The summed E-state index contributed by atoms with van der Waals surface area (Å²) in [6, 6.07) is 7.46. The fourth-order valence-electron chi connectivity index (χ4n) is 2.77. The third kappa shape index (κ3) is 4.81. The van der Waals surface area contributed by atoms with Gasteiger partial charge in [-0.1, -0.05) is 31.9 Å². The van der Waals surface area contributed by atoms with E-state index in [9.17, 15) is 13.2 Å². The van der Waals surface area contributed by atoms with Crippen LogP contribution in [0.5, 0.6) is 0 Å². The van der Waals surface area contributed by atoms with E-state index in [1.807, 2.05) is 25.1 Å². The average molecular weight is 324 g/mol. The minimum Gasteiger partial charge on any atom is -0.325 e. The standard InChI is InChI=1S/C16H24N2O3S/c1-2-17-11-13-6-5-7-14(10-13)18-16(19)12-22(20,21)15-8-3-4-9-15/h5-7,10,15,17H,2-4,8-9,11-12H2,1H3,(H,18,19). The van der Waals surface area contributed by atoms with Crippen LogP contribution >= 0.6 is 0 Å². The van der Waals surface area contributed by atoms with E-state index >= 15 is 0 Å². The summed E-state index contributed by atoms with van der Waals surface area (Å²) >= 11 is 0. The fraction of sp³-hybridized carbons (Fsp3) is 0.562. The third-order valence-corrected chi connectivity index (χ3v) is 6.08. The molecule has 22 heavy (non-hydrogen) atoms. The first-order valence-electron chi connectivity index (χ1n) is 7.82. The van der Waals surface area contributed by atoms with E-state index < -0.39 is 21.5 Å². The summed E-state index contributed by atoms with van der Waals surface area (Å²) in [7, 11) is -3.33. The van der Waals surface area contributed by atoms with Crippen LogP contribution in [0.15, 0.2) is 24.3 Å². The Balaban J connectivity index is 1.94. The van der Waals surface area contributed by atoms with Crippen molar-refractivity contribution in [2.45, 2.75) is 44.4 Å². The van der Waals surface area contributed by atoms with Gasteiger partial charge in [0.15, 0.2) is 9.84 Å². The number of carbonyl (C=O) groups excluding carboxylic acids is 1. The van der Waals surface area contributed by atoms with E-state index in [0.717, 1.165) is 31.5 Å². The van der Waals surface area contributed by atoms with E-state index in [4.69, 9.17) is 0 Å². The van der Waals surface area contributed by atoms with Gasteiger partial charge in [-0.3, -0.25) is 4.79 Å². The number of anilines is 1. The molecule has 1 aromatic carbocycles. The molecule has 1 aromatic rings. The van der Waals surface area contributed by atoms with Gasteiger partial charge >= 0.3 is 0 Å². The molecular formula is C16H24N2O3S. The summed E-state index contributed by atoms with van der Waals surface area (Å²) in [4.78, 5) is 12.0. The van der Waals surface area contributed by atoms with E-state index in [1.54, 1.807) is 6.07 Å². The highest BCUT2D eigenvalue weighted by atomic mass is 32.2. The molecule has 1 aliphatic carbocycles. The third-order valence-electron chi connectivity index (χ3n) is 3.93. The Labute approximate surface area is 132 Å². The first kappa shape index (κ1) is 17.0. The van der Waals surface area contributed by atoms with Gasteiger partial charge in [0.1, 0.15) is 5.75 Å². The molecule has 1 fully saturated rings. The Morgan fingerprint density at radius 3 is 2.68 bits per heavy atom. The lowest BCUT2D eigenvalue weighted by Gasteiger charge is -2.12. The number of rotatable bonds is 7. The monoisotopic (exact) mass is 324 g/mol. The van der Waals surface area contributed by atoms with Crippen molar-refractivity contribution in [1.29, 1.82) is 0 Å². The van der Waals surface area contributed by atoms with Gasteiger partial charge in [-0.15, -0.1) is 0 Å². The van der Waals surface area contributed by atoms with E-state index in [0.29, 0.717) is 18.5 Å². The molecule has 1 aliphatic rings. The van der Waals surface area contributed by atoms with Gasteiger partial charge in [0.05, 0.1) is 5.25 Å². The molecule has 0 unspecified atom stereocenters. The summed E-state index contributed by atoms with van der Waals surface area (Å²) in [6.45, 7) is 3.62. The Morgan fingerprint density at radius 1 is 1.27 bits per heavy atom. The van der Waals surface area contributed by atoms with Crippen LogP contribution < -0.4 is 10.6 Å². The maximum atomic E-state index is 12.2. The summed E-state index contributed by atoms with van der Waals surface area (Å²) in [6.07, 6.45) is 3.26. The van der Waals surface area contributed by atoms with Crippen LogP contribution in [0.4, 0.5) is 5.69 Å². The summed E-state index contributed by atoms with van der Waals surface area (Å²) < 4.78 is 24.3. The summed E-state index contributed by atoms with van der Waals surface area (Å²) in [5, 5.41) is 5.57. The molecule has 0 radical (unpaired) electrons. The van der Waals surface area contributed by atoms with Crippen LogP contribution in [0.3, 0.4) is 0 Å². The van der Waals surface area contributed by atoms with Crippen LogP contribution in [0, 0.1) is 0 Å². The van der Waals surface area contributed by atoms with Crippen molar-refractivity contribution >= 4 is 21.4 Å². The first-order chi connectivity index (χ1) is 10.5. The fourth-order valence-corrected chi connectivity index (χ4v) is 4.50. The molecular weight excluding hydrogens is 300 g/mol. The second kappa shape index (κ2) is 7.74. The van der Waals surface area contributed by atoms with E-state index in [1.165, 1.54) is 0 Å². The molecule has 6 heteroatoms. The quantitative estimate of drug-likeness (QED) is 0.805. The minimum atomic E-state index is -3.33. The minimum absolute atomic E-state index is 0.335. The maximum absolute atomic E-state index is 12.2. The molecule has 0 bridgehead atoms. The SMILES string of the molecule is CCNCc1cccc(NC(=O)CS(=O)(=O)C2CCCC2)c1. The number of benzene rings is 1. The molecule has 0 aromatic heterocycles. The zero-order chi connectivity index (χ0) is 16.0. The zero-order valence-corrected chi connectivity index (χ0v) is 13.8. The highest BCUT2D eigenvalue weighted by molar-refractivity contribution is 7.92. The Hall–Kier alpha value is -1.40. The van der Waals surface area contributed by atoms with Crippen LogP contribution in [0.1, 0.15) is 38.2 Å². The van der Waals surface area contributed by atoms with Crippen molar-refractivity contribution in [3.05, 3.63) is 29.8 Å². The van der Waals surface area contributed by atoms with Gasteiger partial charge in [-0.05, 0) is 37.1 Å². The van der Waals surface area contributed by atoms with E-state index in [-0.39, 0.29) is 5.25 Å². The maximum Gasteiger partial charge on any atom is 0.239 e. The molecule has 2 N–H and O–H groups in total. The van der Waals surface area contributed by atoms with Crippen molar-refractivity contribution in [2.75, 3.05) is 17.6 Å². The van der Waals surface area contributed by atoms with Crippen LogP contribution in [0.2, 0.25) is 0 Å². The summed E-state index contributed by atoms with van der Waals surface area (Å²) in [5.74, 6) is -0.873. The largest absolute Gasteiger partial charge is 0.325 e. The highest BCUT2D eigenvalue weighted by Crippen LogP contribution is 2.25. The molecule has 1 saturated carbocycles. The van der Waals surface area contributed by atoms with Gasteiger partial charge in [0, 0.05) is 12.2 Å². The van der Waals surface area contributed by atoms with Crippen molar-refractivity contribution in [3.63, 3.8) is 0 Å². The molecule has 0 aliphatic heterocycles. The second-order valence-corrected chi connectivity index (χ2v) is 8.02. The Bertz CT molecular complexity index is 608. The highest BCUT2D eigenvalue weighted by Gasteiger charge is 2.30. The Morgan fingerprint density at radius 2 is 2.00 bits per heavy atom. The van der Waals surface area contributed by atoms with Crippen LogP contribution in [-0.2, 0) is 21.2 Å². The topological polar surface area (TPSA) is 75.3 Å². The number of amides is 1. The lowest BCUT2D eigenvalue weighted by molar-refractivity contribution is -0.113. The number of hydrogen-bond acceptors (Lipinski definition) is 4. The summed E-state index contributed by atoms with van der Waals surface area (Å²) in [5.41, 5.74) is 1.69. The molecule has 0 atom stereocenters. The Kier molecular flexibility index (Phi) is 5.97. The number of hydrogen-bond donors (Lipinski definition) is 2. The molecule has 2 rings (SSSR count). The van der Waals surface area contributed by atoms with Crippen LogP contribution in [-0.4, -0.2) is 31.9 Å². The smallest absolute Gasteiger partial charge is 0.239 e. The van der Waals surface area contributed by atoms with Crippen molar-refractivity contribution in [3.8, 4) is 0 Å². The molecule has 0 heterocycles. The average Bonchev–Trinajstić information content (AvgIpc) is 3.00. The van der Waals surface area contributed by atoms with Gasteiger partial charge in [0.2, 0.25) is 5.91 Å². The van der Waals surface area contributed by atoms with Crippen molar-refractivity contribution < 1.29 is 13.2 Å². The molecule has 0 saturated heterocycles.